The lowest BCUT2D eigenvalue weighted by molar-refractivity contribution is -0.868. The molecular weight excluding hydrogens is 372 g/mol. The highest BCUT2D eigenvalue weighted by molar-refractivity contribution is 5.76. The summed E-state index contributed by atoms with van der Waals surface area (Å²) >= 11 is 0. The van der Waals surface area contributed by atoms with Gasteiger partial charge in [0.2, 0.25) is 0 Å². The van der Waals surface area contributed by atoms with Crippen molar-refractivity contribution in [3.63, 3.8) is 0 Å². The van der Waals surface area contributed by atoms with Crippen molar-refractivity contribution in [1.29, 1.82) is 0 Å². The maximum absolute atomic E-state index is 4.47. The Balaban J connectivity index is 1.75. The van der Waals surface area contributed by atoms with Gasteiger partial charge in [-0.1, -0.05) is 6.92 Å². The largest absolute Gasteiger partial charge is 0.366 e. The molecule has 3 rings (SSSR count). The Morgan fingerprint density at radius 1 is 0.967 bits per heavy atom. The summed E-state index contributed by atoms with van der Waals surface area (Å²) in [4.78, 5) is 2.45. The van der Waals surface area contributed by atoms with Gasteiger partial charge in [-0.25, -0.2) is 9.13 Å². The van der Waals surface area contributed by atoms with Gasteiger partial charge in [0.15, 0.2) is 11.0 Å². The highest BCUT2D eigenvalue weighted by Crippen LogP contribution is 2.24. The van der Waals surface area contributed by atoms with Gasteiger partial charge in [-0.3, -0.25) is 0 Å². The van der Waals surface area contributed by atoms with Gasteiger partial charge in [-0.2, -0.15) is 10.2 Å². The lowest BCUT2D eigenvalue weighted by Gasteiger charge is -2.30. The number of imidazole rings is 1. The van der Waals surface area contributed by atoms with E-state index in [0.717, 1.165) is 47.4 Å². The lowest BCUT2D eigenvalue weighted by atomic mass is 10.2. The first-order valence-corrected chi connectivity index (χ1v) is 10.7. The zero-order valence-corrected chi connectivity index (χ0v) is 19.6. The number of azo groups is 1. The summed E-state index contributed by atoms with van der Waals surface area (Å²) in [5.74, 6) is 1.21. The number of rotatable bonds is 8. The number of likely N-dealkylation sites (N-methyl/N-ethyl adjacent to an activating group) is 1. The predicted octanol–water partition coefficient (Wildman–Crippen LogP) is 4.65. The Hall–Kier alpha value is -2.73. The Labute approximate surface area is 180 Å². The molecule has 0 saturated carbocycles. The monoisotopic (exact) mass is 408 g/mol. The molecule has 1 heterocycles. The van der Waals surface area contributed by atoms with Gasteiger partial charge >= 0.3 is 0 Å². The van der Waals surface area contributed by atoms with Crippen LogP contribution in [-0.4, -0.2) is 49.8 Å². The van der Waals surface area contributed by atoms with Crippen LogP contribution in [0.1, 0.15) is 19.2 Å². The first-order chi connectivity index (χ1) is 14.2. The molecule has 0 aliphatic carbocycles. The smallest absolute Gasteiger partial charge is 0.253 e. The molecule has 0 bridgehead atoms. The van der Waals surface area contributed by atoms with Crippen molar-refractivity contribution in [2.45, 2.75) is 20.3 Å². The summed E-state index contributed by atoms with van der Waals surface area (Å²) in [7, 11) is 10.9. The van der Waals surface area contributed by atoms with E-state index < -0.39 is 0 Å². The second-order valence-corrected chi connectivity index (χ2v) is 9.06. The first-order valence-electron chi connectivity index (χ1n) is 10.7. The molecule has 6 nitrogen and oxygen atoms in total. The van der Waals surface area contributed by atoms with E-state index in [-0.39, 0.29) is 0 Å². The number of fused-ring (bicyclic) bond motifs is 1. The van der Waals surface area contributed by atoms with Gasteiger partial charge < -0.3 is 9.38 Å². The fourth-order valence-electron chi connectivity index (χ4n) is 3.61. The minimum atomic E-state index is 0.864. The standard InChI is InChI=1S/C24H36N6/c1-8-15-29(16-17-30(5,6)7)22-12-9-20(10-13-22)25-26-21-11-14-23-24(18-21)28(4)19(2)27(23)3/h9-14,18H,8,15-17H2,1-7H3/q+2. The Morgan fingerprint density at radius 3 is 2.23 bits per heavy atom. The second-order valence-electron chi connectivity index (χ2n) is 9.06. The zero-order valence-electron chi connectivity index (χ0n) is 19.6. The molecule has 2 aromatic carbocycles. The summed E-state index contributed by atoms with van der Waals surface area (Å²) in [5, 5.41) is 8.93. The van der Waals surface area contributed by atoms with Gasteiger partial charge in [0.1, 0.15) is 0 Å². The van der Waals surface area contributed by atoms with Crippen LogP contribution < -0.4 is 9.47 Å². The SMILES string of the molecule is CCCN(CC[N+](C)(C)C)c1ccc(N=Nc2ccc3c(c2)[n+](C)c(C)n3C)cc1. The highest BCUT2D eigenvalue weighted by Gasteiger charge is 2.16. The molecule has 3 aromatic rings. The molecule has 160 valence electrons. The van der Waals surface area contributed by atoms with E-state index in [1.165, 1.54) is 17.0 Å². The van der Waals surface area contributed by atoms with E-state index in [0.29, 0.717) is 0 Å². The number of hydrogen-bond acceptors (Lipinski definition) is 3. The predicted molar refractivity (Wildman–Crippen MR) is 125 cm³/mol. The van der Waals surface area contributed by atoms with Crippen molar-refractivity contribution < 1.29 is 9.05 Å². The van der Waals surface area contributed by atoms with Crippen molar-refractivity contribution >= 4 is 28.1 Å². The summed E-state index contributed by atoms with van der Waals surface area (Å²) in [5.41, 5.74) is 5.34. The van der Waals surface area contributed by atoms with Gasteiger partial charge in [0.25, 0.3) is 5.82 Å². The molecule has 0 radical (unpaired) electrons. The third-order valence-corrected chi connectivity index (χ3v) is 5.68. The Bertz CT molecular complexity index is 1020. The third-order valence-electron chi connectivity index (χ3n) is 5.68. The Kier molecular flexibility index (Phi) is 6.56. The van der Waals surface area contributed by atoms with Gasteiger partial charge in [-0.05, 0) is 42.8 Å². The number of benzene rings is 2. The van der Waals surface area contributed by atoms with E-state index in [1.807, 2.05) is 6.07 Å². The van der Waals surface area contributed by atoms with E-state index in [4.69, 9.17) is 0 Å². The van der Waals surface area contributed by atoms with E-state index in [2.05, 4.69) is 110 Å². The number of nitrogens with zero attached hydrogens (tertiary/aromatic N) is 6. The summed E-state index contributed by atoms with van der Waals surface area (Å²) in [6.45, 7) is 7.57. The van der Waals surface area contributed by atoms with Gasteiger partial charge in [0.05, 0.1) is 59.7 Å². The van der Waals surface area contributed by atoms with Crippen LogP contribution in [0, 0.1) is 6.92 Å². The van der Waals surface area contributed by atoms with Crippen LogP contribution in [0.5, 0.6) is 0 Å². The van der Waals surface area contributed by atoms with Crippen LogP contribution >= 0.6 is 0 Å². The molecule has 0 fully saturated rings. The third kappa shape index (κ3) is 5.05. The average Bonchev–Trinajstić information content (AvgIpc) is 2.93. The van der Waals surface area contributed by atoms with Gasteiger partial charge in [-0.15, -0.1) is 0 Å². The maximum Gasteiger partial charge on any atom is 0.253 e. The molecule has 0 saturated heterocycles. The molecule has 30 heavy (non-hydrogen) atoms. The number of aromatic nitrogens is 2. The lowest BCUT2D eigenvalue weighted by Crippen LogP contribution is -2.42. The van der Waals surface area contributed by atoms with E-state index in [9.17, 15) is 0 Å². The topological polar surface area (TPSA) is 36.8 Å². The molecule has 0 unspecified atom stereocenters. The van der Waals surface area contributed by atoms with Crippen molar-refractivity contribution in [3.05, 3.63) is 48.3 Å². The molecule has 0 aliphatic heterocycles. The molecule has 6 heteroatoms. The normalized spacial score (nSPS) is 12.2. The molecule has 0 atom stereocenters. The highest BCUT2D eigenvalue weighted by atomic mass is 15.3. The molecule has 0 aliphatic rings. The number of aryl methyl sites for hydroxylation is 2. The van der Waals surface area contributed by atoms with Crippen molar-refractivity contribution in [2.24, 2.45) is 24.3 Å². The van der Waals surface area contributed by atoms with Crippen molar-refractivity contribution in [3.8, 4) is 0 Å². The minimum Gasteiger partial charge on any atom is -0.366 e. The average molecular weight is 409 g/mol. The Morgan fingerprint density at radius 2 is 1.60 bits per heavy atom. The summed E-state index contributed by atoms with van der Waals surface area (Å²) in [6.07, 6.45) is 1.14. The van der Waals surface area contributed by atoms with Crippen LogP contribution in [0.2, 0.25) is 0 Å². The van der Waals surface area contributed by atoms with E-state index >= 15 is 0 Å². The number of anilines is 1. The molecule has 0 amide bonds. The number of hydrogen-bond donors (Lipinski definition) is 0. The quantitative estimate of drug-likeness (QED) is 0.304. The molecule has 1 aromatic heterocycles. The zero-order chi connectivity index (χ0) is 21.9. The van der Waals surface area contributed by atoms with E-state index in [1.54, 1.807) is 0 Å². The van der Waals surface area contributed by atoms with Crippen LogP contribution in [0.4, 0.5) is 17.1 Å². The van der Waals surface area contributed by atoms with Crippen LogP contribution in [0.3, 0.4) is 0 Å². The van der Waals surface area contributed by atoms with Gasteiger partial charge in [0, 0.05) is 25.2 Å². The number of quaternary nitrogens is 1. The summed E-state index contributed by atoms with van der Waals surface area (Å²) < 4.78 is 5.34. The first kappa shape index (κ1) is 22.0. The van der Waals surface area contributed by atoms with Crippen LogP contribution in [-0.2, 0) is 14.1 Å². The molecule has 0 N–H and O–H groups in total. The minimum absolute atomic E-state index is 0.864. The van der Waals surface area contributed by atoms with Crippen molar-refractivity contribution in [1.82, 2.24) is 4.57 Å². The van der Waals surface area contributed by atoms with Crippen molar-refractivity contribution in [2.75, 3.05) is 45.7 Å². The summed E-state index contributed by atoms with van der Waals surface area (Å²) in [6, 6.07) is 14.6. The van der Waals surface area contributed by atoms with Crippen LogP contribution in [0.25, 0.3) is 11.0 Å². The maximum atomic E-state index is 4.47. The fourth-order valence-corrected chi connectivity index (χ4v) is 3.61. The van der Waals surface area contributed by atoms with Crippen LogP contribution in [0.15, 0.2) is 52.7 Å². The fraction of sp³-hybridized carbons (Fsp3) is 0.458. The molecule has 0 spiro atoms. The molecular formula is C24H36N6+2. The second kappa shape index (κ2) is 8.96.